The zero-order valence-corrected chi connectivity index (χ0v) is 19.9. The Hall–Kier alpha value is -0.670. The van der Waals surface area contributed by atoms with E-state index in [4.69, 9.17) is 0 Å². The number of rotatable bonds is 5. The maximum absolute atomic E-state index is 12.5. The number of carbonyl (C=O) groups excluding carboxylic acids is 1. The van der Waals surface area contributed by atoms with E-state index in [0.717, 1.165) is 38.5 Å². The van der Waals surface area contributed by atoms with Gasteiger partial charge in [0.15, 0.2) is 0 Å². The van der Waals surface area contributed by atoms with Gasteiger partial charge in [0.25, 0.3) is 0 Å². The van der Waals surface area contributed by atoms with Crippen molar-refractivity contribution in [2.24, 2.45) is 46.3 Å². The Labute approximate surface area is 183 Å². The molecule has 9 unspecified atom stereocenters. The van der Waals surface area contributed by atoms with E-state index in [1.165, 1.54) is 12.8 Å². The summed E-state index contributed by atoms with van der Waals surface area (Å²) in [5, 5.41) is 21.4. The molecule has 4 rings (SSSR count). The molecule has 0 aromatic heterocycles. The first kappa shape index (κ1) is 22.5. The third kappa shape index (κ3) is 3.62. The largest absolute Gasteiger partial charge is 0.393 e. The molecule has 3 heteroatoms. The Morgan fingerprint density at radius 3 is 2.50 bits per heavy atom. The summed E-state index contributed by atoms with van der Waals surface area (Å²) < 4.78 is 0. The second-order valence-electron chi connectivity index (χ2n) is 12.3. The van der Waals surface area contributed by atoms with Gasteiger partial charge in [0, 0.05) is 12.8 Å². The summed E-state index contributed by atoms with van der Waals surface area (Å²) in [5.41, 5.74) is 1.92. The minimum Gasteiger partial charge on any atom is -0.393 e. The highest BCUT2D eigenvalue weighted by molar-refractivity contribution is 5.78. The van der Waals surface area contributed by atoms with E-state index in [2.05, 4.69) is 40.7 Å². The molecule has 30 heavy (non-hydrogen) atoms. The lowest BCUT2D eigenvalue weighted by molar-refractivity contribution is -0.121. The zero-order valence-electron chi connectivity index (χ0n) is 19.9. The predicted molar refractivity (Wildman–Crippen MR) is 121 cm³/mol. The van der Waals surface area contributed by atoms with Gasteiger partial charge in [-0.3, -0.25) is 4.79 Å². The summed E-state index contributed by atoms with van der Waals surface area (Å²) in [7, 11) is 0. The topological polar surface area (TPSA) is 57.5 Å². The van der Waals surface area contributed by atoms with Crippen LogP contribution in [0.3, 0.4) is 0 Å². The first-order chi connectivity index (χ1) is 14.1. The van der Waals surface area contributed by atoms with Gasteiger partial charge in [-0.1, -0.05) is 46.3 Å². The number of fused-ring (bicyclic) bond motifs is 5. The molecule has 9 atom stereocenters. The molecule has 2 N–H and O–H groups in total. The summed E-state index contributed by atoms with van der Waals surface area (Å²) in [6.07, 6.45) is 10.5. The van der Waals surface area contributed by atoms with E-state index in [1.807, 2.05) is 0 Å². The Morgan fingerprint density at radius 1 is 1.07 bits per heavy atom. The monoisotopic (exact) mass is 416 g/mol. The molecular weight excluding hydrogens is 372 g/mol. The molecule has 3 nitrogen and oxygen atoms in total. The van der Waals surface area contributed by atoms with Gasteiger partial charge < -0.3 is 10.2 Å². The van der Waals surface area contributed by atoms with Crippen LogP contribution < -0.4 is 0 Å². The van der Waals surface area contributed by atoms with Crippen LogP contribution in [0.15, 0.2) is 11.6 Å². The fourth-order valence-electron chi connectivity index (χ4n) is 8.57. The molecule has 0 aliphatic heterocycles. The number of Topliss-reactive ketones (excluding diaryl/α,β-unsaturated/α-hetero) is 1. The van der Waals surface area contributed by atoms with Gasteiger partial charge in [-0.15, -0.1) is 0 Å². The molecule has 0 aromatic rings. The van der Waals surface area contributed by atoms with Crippen molar-refractivity contribution in [3.05, 3.63) is 11.6 Å². The number of hydrogen-bond acceptors (Lipinski definition) is 3. The summed E-state index contributed by atoms with van der Waals surface area (Å²) in [4.78, 5) is 12.5. The molecule has 0 spiro atoms. The van der Waals surface area contributed by atoms with E-state index in [-0.39, 0.29) is 29.0 Å². The normalized spacial score (nSPS) is 46.6. The fourth-order valence-corrected chi connectivity index (χ4v) is 8.57. The maximum Gasteiger partial charge on any atom is 0.133 e. The Morgan fingerprint density at radius 2 is 1.80 bits per heavy atom. The van der Waals surface area contributed by atoms with Crippen molar-refractivity contribution in [3.8, 4) is 0 Å². The lowest BCUT2D eigenvalue weighted by Gasteiger charge is -2.58. The third-order valence-corrected chi connectivity index (χ3v) is 9.96. The van der Waals surface area contributed by atoms with Crippen LogP contribution in [-0.4, -0.2) is 28.2 Å². The first-order valence-electron chi connectivity index (χ1n) is 12.6. The minimum atomic E-state index is -0.293. The zero-order chi connectivity index (χ0) is 21.8. The Kier molecular flexibility index (Phi) is 6.03. The Bertz CT molecular complexity index is 696. The van der Waals surface area contributed by atoms with Crippen LogP contribution in [-0.2, 0) is 4.79 Å². The smallest absolute Gasteiger partial charge is 0.133 e. The van der Waals surface area contributed by atoms with Gasteiger partial charge >= 0.3 is 0 Å². The predicted octanol–water partition coefficient (Wildman–Crippen LogP) is 5.54. The van der Waals surface area contributed by atoms with Crippen molar-refractivity contribution in [2.75, 3.05) is 0 Å². The summed E-state index contributed by atoms with van der Waals surface area (Å²) in [6, 6.07) is 0. The standard InChI is InChI=1S/C27H44O3/c1-16(2)12-19(29)13-17(3)21-6-7-22-20-15-25(30)24-14-18(28)8-10-27(24,5)23(20)9-11-26(21,22)4/h9,16-18,20-22,24-25,28,30H,6-8,10-15H2,1-5H3. The molecule has 0 aromatic carbocycles. The van der Waals surface area contributed by atoms with Crippen LogP contribution in [0.1, 0.15) is 92.4 Å². The van der Waals surface area contributed by atoms with Crippen LogP contribution in [0, 0.1) is 46.3 Å². The minimum absolute atomic E-state index is 0.0554. The summed E-state index contributed by atoms with van der Waals surface area (Å²) in [6.45, 7) is 11.4. The number of ketones is 1. The SMILES string of the molecule is CC(C)CC(=O)CC(C)C1CCC2C3CC(O)C4CC(O)CCC4(C)C3=CCC12C. The van der Waals surface area contributed by atoms with Crippen LogP contribution in [0.25, 0.3) is 0 Å². The van der Waals surface area contributed by atoms with Gasteiger partial charge in [-0.05, 0) is 91.3 Å². The number of carbonyl (C=O) groups is 1. The number of aliphatic hydroxyl groups excluding tert-OH is 2. The highest BCUT2D eigenvalue weighted by Gasteiger charge is 2.59. The van der Waals surface area contributed by atoms with Crippen molar-refractivity contribution < 1.29 is 15.0 Å². The van der Waals surface area contributed by atoms with E-state index in [9.17, 15) is 15.0 Å². The van der Waals surface area contributed by atoms with E-state index >= 15 is 0 Å². The number of aliphatic hydroxyl groups is 2. The van der Waals surface area contributed by atoms with Crippen molar-refractivity contribution in [1.29, 1.82) is 0 Å². The number of allylic oxidation sites excluding steroid dienone is 2. The lowest BCUT2D eigenvalue weighted by Crippen LogP contribution is -2.53. The second-order valence-corrected chi connectivity index (χ2v) is 12.3. The molecule has 0 bridgehead atoms. The second kappa shape index (κ2) is 8.03. The van der Waals surface area contributed by atoms with Gasteiger partial charge in [-0.25, -0.2) is 0 Å². The first-order valence-corrected chi connectivity index (χ1v) is 12.6. The van der Waals surface area contributed by atoms with Crippen LogP contribution in [0.2, 0.25) is 0 Å². The maximum atomic E-state index is 12.5. The average Bonchev–Trinajstić information content (AvgIpc) is 3.00. The van der Waals surface area contributed by atoms with Gasteiger partial charge in [0.05, 0.1) is 12.2 Å². The molecule has 0 saturated heterocycles. The summed E-state index contributed by atoms with van der Waals surface area (Å²) >= 11 is 0. The van der Waals surface area contributed by atoms with Crippen LogP contribution in [0.5, 0.6) is 0 Å². The Balaban J connectivity index is 1.56. The molecule has 4 aliphatic rings. The van der Waals surface area contributed by atoms with E-state index in [1.54, 1.807) is 5.57 Å². The van der Waals surface area contributed by atoms with Gasteiger partial charge in [0.1, 0.15) is 5.78 Å². The van der Waals surface area contributed by atoms with Crippen molar-refractivity contribution in [3.63, 3.8) is 0 Å². The fraction of sp³-hybridized carbons (Fsp3) is 0.889. The molecule has 0 heterocycles. The van der Waals surface area contributed by atoms with Crippen molar-refractivity contribution >= 4 is 5.78 Å². The third-order valence-electron chi connectivity index (χ3n) is 9.96. The van der Waals surface area contributed by atoms with E-state index < -0.39 is 0 Å². The van der Waals surface area contributed by atoms with Gasteiger partial charge in [0.2, 0.25) is 0 Å². The highest BCUT2D eigenvalue weighted by Crippen LogP contribution is 2.66. The molecule has 3 fully saturated rings. The lowest BCUT2D eigenvalue weighted by atomic mass is 9.47. The average molecular weight is 417 g/mol. The molecular formula is C27H44O3. The molecule has 170 valence electrons. The quantitative estimate of drug-likeness (QED) is 0.579. The molecule has 3 saturated carbocycles. The van der Waals surface area contributed by atoms with Crippen molar-refractivity contribution in [2.45, 2.75) is 105 Å². The molecule has 4 aliphatic carbocycles. The summed E-state index contributed by atoms with van der Waals surface area (Å²) in [5.74, 6) is 3.25. The number of hydrogen-bond donors (Lipinski definition) is 2. The molecule has 0 radical (unpaired) electrons. The highest BCUT2D eigenvalue weighted by atomic mass is 16.3. The van der Waals surface area contributed by atoms with Crippen LogP contribution >= 0.6 is 0 Å². The van der Waals surface area contributed by atoms with Gasteiger partial charge in [-0.2, -0.15) is 0 Å². The molecule has 0 amide bonds. The van der Waals surface area contributed by atoms with Crippen molar-refractivity contribution in [1.82, 2.24) is 0 Å². The van der Waals surface area contributed by atoms with Crippen LogP contribution in [0.4, 0.5) is 0 Å². The van der Waals surface area contributed by atoms with E-state index in [0.29, 0.717) is 41.8 Å².